The molecule has 0 bridgehead atoms. The molecule has 1 aromatic heterocycles. The highest BCUT2D eigenvalue weighted by Gasteiger charge is 2.13. The summed E-state index contributed by atoms with van der Waals surface area (Å²) in [7, 11) is 3.57. The Morgan fingerprint density at radius 3 is 2.55 bits per heavy atom. The van der Waals surface area contributed by atoms with Crippen molar-refractivity contribution in [1.82, 2.24) is 14.9 Å². The van der Waals surface area contributed by atoms with Gasteiger partial charge in [0.1, 0.15) is 5.82 Å². The molecule has 0 fully saturated rings. The number of benzene rings is 1. The molecule has 0 radical (unpaired) electrons. The van der Waals surface area contributed by atoms with Gasteiger partial charge in [-0.2, -0.15) is 0 Å². The SMILES string of the molecule is CNCc1cc(F)c(OCCc2nccn2C)c(F)c1. The van der Waals surface area contributed by atoms with Crippen LogP contribution >= 0.6 is 0 Å². The van der Waals surface area contributed by atoms with Gasteiger partial charge in [-0.15, -0.1) is 0 Å². The molecule has 2 rings (SSSR count). The third kappa shape index (κ3) is 3.33. The molecule has 1 N–H and O–H groups in total. The fourth-order valence-corrected chi connectivity index (χ4v) is 1.94. The molecule has 0 atom stereocenters. The van der Waals surface area contributed by atoms with Crippen molar-refractivity contribution in [3.05, 3.63) is 47.5 Å². The Hall–Kier alpha value is -1.95. The van der Waals surface area contributed by atoms with E-state index in [1.165, 1.54) is 12.1 Å². The summed E-state index contributed by atoms with van der Waals surface area (Å²) >= 11 is 0. The predicted octanol–water partition coefficient (Wildman–Crippen LogP) is 2.04. The van der Waals surface area contributed by atoms with Gasteiger partial charge in [-0.05, 0) is 24.7 Å². The van der Waals surface area contributed by atoms with Crippen LogP contribution in [0.5, 0.6) is 5.75 Å². The first-order chi connectivity index (χ1) is 9.61. The molecule has 0 amide bonds. The Morgan fingerprint density at radius 1 is 1.30 bits per heavy atom. The average Bonchev–Trinajstić information content (AvgIpc) is 2.79. The molecule has 0 aliphatic heterocycles. The van der Waals surface area contributed by atoms with Gasteiger partial charge in [0, 0.05) is 32.4 Å². The molecule has 0 aliphatic carbocycles. The Morgan fingerprint density at radius 2 is 2.00 bits per heavy atom. The van der Waals surface area contributed by atoms with Gasteiger partial charge in [-0.3, -0.25) is 0 Å². The van der Waals surface area contributed by atoms with E-state index in [-0.39, 0.29) is 12.4 Å². The Labute approximate surface area is 116 Å². The Kier molecular flexibility index (Phi) is 4.68. The van der Waals surface area contributed by atoms with Crippen molar-refractivity contribution in [2.75, 3.05) is 13.7 Å². The van der Waals surface area contributed by atoms with E-state index in [0.717, 1.165) is 5.82 Å². The number of halogens is 2. The van der Waals surface area contributed by atoms with Gasteiger partial charge < -0.3 is 14.6 Å². The summed E-state index contributed by atoms with van der Waals surface area (Å²) in [5.74, 6) is -0.901. The number of rotatable bonds is 6. The van der Waals surface area contributed by atoms with Crippen molar-refractivity contribution in [1.29, 1.82) is 0 Å². The lowest BCUT2D eigenvalue weighted by molar-refractivity contribution is 0.284. The number of hydrogen-bond acceptors (Lipinski definition) is 3. The van der Waals surface area contributed by atoms with Gasteiger partial charge in [0.15, 0.2) is 17.4 Å². The van der Waals surface area contributed by atoms with Crippen LogP contribution in [-0.2, 0) is 20.0 Å². The summed E-state index contributed by atoms with van der Waals surface area (Å²) in [5.41, 5.74) is 0.541. The highest BCUT2D eigenvalue weighted by molar-refractivity contribution is 5.31. The second-order valence-corrected chi connectivity index (χ2v) is 4.47. The second kappa shape index (κ2) is 6.47. The molecule has 108 valence electrons. The van der Waals surface area contributed by atoms with Crippen LogP contribution in [-0.4, -0.2) is 23.2 Å². The minimum absolute atomic E-state index is 0.171. The molecule has 2 aromatic rings. The smallest absolute Gasteiger partial charge is 0.190 e. The minimum atomic E-state index is -0.685. The third-order valence-corrected chi connectivity index (χ3v) is 2.93. The summed E-state index contributed by atoms with van der Waals surface area (Å²) in [6.07, 6.45) is 3.97. The number of imidazole rings is 1. The Balaban J connectivity index is 2.01. The molecule has 0 spiro atoms. The lowest BCUT2D eigenvalue weighted by Gasteiger charge is -2.10. The molecule has 0 saturated carbocycles. The number of ether oxygens (including phenoxy) is 1. The molecular weight excluding hydrogens is 264 g/mol. The third-order valence-electron chi connectivity index (χ3n) is 2.93. The van der Waals surface area contributed by atoms with Crippen molar-refractivity contribution in [3.8, 4) is 5.75 Å². The minimum Gasteiger partial charge on any atom is -0.487 e. The number of nitrogens with zero attached hydrogens (tertiary/aromatic N) is 2. The second-order valence-electron chi connectivity index (χ2n) is 4.47. The molecule has 0 saturated heterocycles. The monoisotopic (exact) mass is 281 g/mol. The van der Waals surface area contributed by atoms with Crippen molar-refractivity contribution >= 4 is 0 Å². The molecule has 0 aliphatic rings. The van der Waals surface area contributed by atoms with Crippen LogP contribution in [0.2, 0.25) is 0 Å². The first-order valence-electron chi connectivity index (χ1n) is 6.33. The number of nitrogens with one attached hydrogen (secondary N) is 1. The maximum absolute atomic E-state index is 13.8. The number of aromatic nitrogens is 2. The zero-order chi connectivity index (χ0) is 14.5. The first kappa shape index (κ1) is 14.5. The van der Waals surface area contributed by atoms with Gasteiger partial charge in [0.2, 0.25) is 0 Å². The van der Waals surface area contributed by atoms with E-state index in [2.05, 4.69) is 10.3 Å². The molecule has 6 heteroatoms. The fraction of sp³-hybridized carbons (Fsp3) is 0.357. The molecule has 20 heavy (non-hydrogen) atoms. The average molecular weight is 281 g/mol. The van der Waals surface area contributed by atoms with E-state index >= 15 is 0 Å². The lowest BCUT2D eigenvalue weighted by atomic mass is 10.2. The van der Waals surface area contributed by atoms with Gasteiger partial charge >= 0.3 is 0 Å². The van der Waals surface area contributed by atoms with Crippen LogP contribution in [0.4, 0.5) is 8.78 Å². The summed E-state index contributed by atoms with van der Waals surface area (Å²) < 4.78 is 34.6. The first-order valence-corrected chi connectivity index (χ1v) is 6.33. The standard InChI is InChI=1S/C14H17F2N3O/c1-17-9-10-7-11(15)14(12(16)8-10)20-6-3-13-18-4-5-19(13)2/h4-5,7-8,17H,3,6,9H2,1-2H3. The van der Waals surface area contributed by atoms with Crippen LogP contribution in [0.1, 0.15) is 11.4 Å². The molecule has 1 heterocycles. The van der Waals surface area contributed by atoms with E-state index < -0.39 is 11.6 Å². The predicted molar refractivity (Wildman–Crippen MR) is 71.5 cm³/mol. The highest BCUT2D eigenvalue weighted by atomic mass is 19.1. The lowest BCUT2D eigenvalue weighted by Crippen LogP contribution is -2.10. The van der Waals surface area contributed by atoms with E-state index in [4.69, 9.17) is 4.74 Å². The quantitative estimate of drug-likeness (QED) is 0.880. The van der Waals surface area contributed by atoms with Crippen molar-refractivity contribution in [2.24, 2.45) is 7.05 Å². The van der Waals surface area contributed by atoms with Crippen LogP contribution in [0, 0.1) is 11.6 Å². The summed E-state index contributed by atoms with van der Waals surface area (Å²) in [4.78, 5) is 4.12. The van der Waals surface area contributed by atoms with Crippen LogP contribution < -0.4 is 10.1 Å². The van der Waals surface area contributed by atoms with Gasteiger partial charge in [0.25, 0.3) is 0 Å². The van der Waals surface area contributed by atoms with Crippen molar-refractivity contribution in [2.45, 2.75) is 13.0 Å². The zero-order valence-electron chi connectivity index (χ0n) is 11.5. The van der Waals surface area contributed by atoms with Gasteiger partial charge in [-0.1, -0.05) is 0 Å². The summed E-state index contributed by atoms with van der Waals surface area (Å²) in [6, 6.07) is 2.55. The maximum atomic E-state index is 13.8. The normalized spacial score (nSPS) is 10.8. The Bertz CT molecular complexity index is 561. The zero-order valence-corrected chi connectivity index (χ0v) is 11.5. The highest BCUT2D eigenvalue weighted by Crippen LogP contribution is 2.23. The molecular formula is C14H17F2N3O. The topological polar surface area (TPSA) is 39.1 Å². The van der Waals surface area contributed by atoms with E-state index in [9.17, 15) is 8.78 Å². The number of hydrogen-bond donors (Lipinski definition) is 1. The van der Waals surface area contributed by atoms with E-state index in [1.807, 2.05) is 17.8 Å². The molecule has 0 unspecified atom stereocenters. The summed E-state index contributed by atoms with van der Waals surface area (Å²) in [5, 5.41) is 2.84. The van der Waals surface area contributed by atoms with E-state index in [0.29, 0.717) is 18.5 Å². The van der Waals surface area contributed by atoms with Crippen LogP contribution in [0.3, 0.4) is 0 Å². The fourth-order valence-electron chi connectivity index (χ4n) is 1.94. The van der Waals surface area contributed by atoms with Gasteiger partial charge in [0.05, 0.1) is 6.61 Å². The van der Waals surface area contributed by atoms with E-state index in [1.54, 1.807) is 13.2 Å². The number of aryl methyl sites for hydroxylation is 1. The molecule has 1 aromatic carbocycles. The summed E-state index contributed by atoms with van der Waals surface area (Å²) in [6.45, 7) is 0.575. The van der Waals surface area contributed by atoms with Crippen molar-refractivity contribution in [3.63, 3.8) is 0 Å². The van der Waals surface area contributed by atoms with Gasteiger partial charge in [-0.25, -0.2) is 13.8 Å². The maximum Gasteiger partial charge on any atom is 0.190 e. The molecule has 4 nitrogen and oxygen atoms in total. The van der Waals surface area contributed by atoms with Crippen LogP contribution in [0.15, 0.2) is 24.5 Å². The van der Waals surface area contributed by atoms with Crippen LogP contribution in [0.25, 0.3) is 0 Å². The largest absolute Gasteiger partial charge is 0.487 e. The van der Waals surface area contributed by atoms with Crippen molar-refractivity contribution < 1.29 is 13.5 Å².